The standard InChI is InChI=1S/C14H14F2N2/c1-18(14-4-2-11(15)3-5-14)9-10-6-12(16)8-13(17)7-10/h2-8H,9,17H2,1H3. The molecule has 4 heteroatoms. The van der Waals surface area contributed by atoms with Gasteiger partial charge in [-0.3, -0.25) is 0 Å². The summed E-state index contributed by atoms with van der Waals surface area (Å²) in [6.45, 7) is 0.508. The molecule has 0 bridgehead atoms. The average Bonchev–Trinajstić information content (AvgIpc) is 2.28. The molecule has 0 atom stereocenters. The molecule has 0 aromatic heterocycles. The summed E-state index contributed by atoms with van der Waals surface area (Å²) < 4.78 is 26.0. The number of rotatable bonds is 3. The van der Waals surface area contributed by atoms with Gasteiger partial charge in [-0.1, -0.05) is 0 Å². The molecule has 0 fully saturated rings. The number of anilines is 2. The predicted octanol–water partition coefficient (Wildman–Crippen LogP) is 3.18. The Labute approximate surface area is 105 Å². The zero-order chi connectivity index (χ0) is 13.1. The molecule has 0 radical (unpaired) electrons. The first-order valence-electron chi connectivity index (χ1n) is 5.56. The molecule has 0 unspecified atom stereocenters. The van der Waals surface area contributed by atoms with Crippen LogP contribution < -0.4 is 10.6 Å². The fourth-order valence-electron chi connectivity index (χ4n) is 1.83. The Bertz CT molecular complexity index is 518. The Morgan fingerprint density at radius 2 is 1.67 bits per heavy atom. The highest BCUT2D eigenvalue weighted by atomic mass is 19.1. The summed E-state index contributed by atoms with van der Waals surface area (Å²) in [4.78, 5) is 1.90. The van der Waals surface area contributed by atoms with Crippen LogP contribution in [0.25, 0.3) is 0 Å². The third-order valence-corrected chi connectivity index (χ3v) is 2.67. The lowest BCUT2D eigenvalue weighted by Gasteiger charge is -2.19. The second-order valence-corrected chi connectivity index (χ2v) is 4.23. The van der Waals surface area contributed by atoms with Crippen LogP contribution >= 0.6 is 0 Å². The van der Waals surface area contributed by atoms with Crippen molar-refractivity contribution in [3.63, 3.8) is 0 Å². The van der Waals surface area contributed by atoms with E-state index in [2.05, 4.69) is 0 Å². The van der Waals surface area contributed by atoms with Crippen molar-refractivity contribution in [1.82, 2.24) is 0 Å². The second kappa shape index (κ2) is 5.04. The lowest BCUT2D eigenvalue weighted by Crippen LogP contribution is -2.16. The van der Waals surface area contributed by atoms with Crippen molar-refractivity contribution in [3.8, 4) is 0 Å². The van der Waals surface area contributed by atoms with Gasteiger partial charge in [-0.25, -0.2) is 8.78 Å². The van der Waals surface area contributed by atoms with Gasteiger partial charge in [-0.2, -0.15) is 0 Å². The molecule has 2 nitrogen and oxygen atoms in total. The zero-order valence-electron chi connectivity index (χ0n) is 10.0. The Hall–Kier alpha value is -2.10. The molecule has 0 spiro atoms. The lowest BCUT2D eigenvalue weighted by atomic mass is 10.1. The van der Waals surface area contributed by atoms with E-state index in [1.54, 1.807) is 18.2 Å². The third kappa shape index (κ3) is 2.97. The van der Waals surface area contributed by atoms with E-state index in [9.17, 15) is 8.78 Å². The monoisotopic (exact) mass is 248 g/mol. The van der Waals surface area contributed by atoms with Crippen LogP contribution in [0.5, 0.6) is 0 Å². The molecule has 0 saturated carbocycles. The van der Waals surface area contributed by atoms with Crippen LogP contribution in [-0.2, 0) is 6.54 Å². The third-order valence-electron chi connectivity index (χ3n) is 2.67. The normalized spacial score (nSPS) is 10.4. The van der Waals surface area contributed by atoms with E-state index in [-0.39, 0.29) is 11.6 Å². The molecule has 2 rings (SSSR count). The molecule has 2 N–H and O–H groups in total. The van der Waals surface area contributed by atoms with Crippen molar-refractivity contribution >= 4 is 11.4 Å². The van der Waals surface area contributed by atoms with Gasteiger partial charge >= 0.3 is 0 Å². The van der Waals surface area contributed by atoms with Crippen molar-refractivity contribution in [2.75, 3.05) is 17.7 Å². The van der Waals surface area contributed by atoms with Crippen molar-refractivity contribution in [3.05, 3.63) is 59.7 Å². The van der Waals surface area contributed by atoms with Crippen LogP contribution in [0.3, 0.4) is 0 Å². The van der Waals surface area contributed by atoms with Crippen molar-refractivity contribution < 1.29 is 8.78 Å². The van der Waals surface area contributed by atoms with Crippen molar-refractivity contribution in [2.45, 2.75) is 6.54 Å². The number of nitrogens with zero attached hydrogens (tertiary/aromatic N) is 1. The maximum atomic E-state index is 13.2. The van der Waals surface area contributed by atoms with E-state index in [0.29, 0.717) is 12.2 Å². The van der Waals surface area contributed by atoms with E-state index >= 15 is 0 Å². The van der Waals surface area contributed by atoms with Crippen molar-refractivity contribution in [1.29, 1.82) is 0 Å². The van der Waals surface area contributed by atoms with Gasteiger partial charge in [0.25, 0.3) is 0 Å². The van der Waals surface area contributed by atoms with Crippen LogP contribution in [0.2, 0.25) is 0 Å². The molecule has 0 aliphatic heterocycles. The first-order valence-corrected chi connectivity index (χ1v) is 5.56. The zero-order valence-corrected chi connectivity index (χ0v) is 10.0. The topological polar surface area (TPSA) is 29.3 Å². The summed E-state index contributed by atoms with van der Waals surface area (Å²) in [6.07, 6.45) is 0. The van der Waals surface area contributed by atoms with Crippen LogP contribution in [0.15, 0.2) is 42.5 Å². The van der Waals surface area contributed by atoms with E-state index in [0.717, 1.165) is 11.3 Å². The maximum Gasteiger partial charge on any atom is 0.125 e. The molecular formula is C14H14F2N2. The molecule has 0 aliphatic rings. The van der Waals surface area contributed by atoms with Crippen LogP contribution in [0.1, 0.15) is 5.56 Å². The lowest BCUT2D eigenvalue weighted by molar-refractivity contribution is 0.625. The molecule has 0 saturated heterocycles. The van der Waals surface area contributed by atoms with Gasteiger partial charge in [0, 0.05) is 25.0 Å². The molecule has 2 aromatic rings. The molecule has 0 heterocycles. The summed E-state index contributed by atoms with van der Waals surface area (Å²) in [5.74, 6) is -0.625. The van der Waals surface area contributed by atoms with E-state index in [4.69, 9.17) is 5.73 Å². The van der Waals surface area contributed by atoms with Gasteiger partial charge in [0.15, 0.2) is 0 Å². The van der Waals surface area contributed by atoms with Gasteiger partial charge in [0.05, 0.1) is 0 Å². The first-order chi connectivity index (χ1) is 8.54. The van der Waals surface area contributed by atoms with E-state index < -0.39 is 0 Å². The summed E-state index contributed by atoms with van der Waals surface area (Å²) in [6, 6.07) is 10.6. The number of nitrogens with two attached hydrogens (primary N) is 1. The summed E-state index contributed by atoms with van der Waals surface area (Å²) in [5.41, 5.74) is 7.62. The molecule has 0 amide bonds. The van der Waals surface area contributed by atoms with Gasteiger partial charge in [0.2, 0.25) is 0 Å². The smallest absolute Gasteiger partial charge is 0.125 e. The fourth-order valence-corrected chi connectivity index (χ4v) is 1.83. The van der Waals surface area contributed by atoms with Crippen molar-refractivity contribution in [2.24, 2.45) is 0 Å². The summed E-state index contributed by atoms with van der Waals surface area (Å²) in [7, 11) is 1.86. The molecule has 18 heavy (non-hydrogen) atoms. The minimum Gasteiger partial charge on any atom is -0.399 e. The van der Waals surface area contributed by atoms with Crippen LogP contribution in [0.4, 0.5) is 20.2 Å². The molecular weight excluding hydrogens is 234 g/mol. The van der Waals surface area contributed by atoms with E-state index in [1.807, 2.05) is 11.9 Å². The average molecular weight is 248 g/mol. The van der Waals surface area contributed by atoms with Gasteiger partial charge in [-0.15, -0.1) is 0 Å². The molecule has 94 valence electrons. The minimum atomic E-state index is -0.350. The number of nitrogen functional groups attached to an aromatic ring is 1. The minimum absolute atomic E-state index is 0.276. The van der Waals surface area contributed by atoms with Gasteiger partial charge in [0.1, 0.15) is 11.6 Å². The SMILES string of the molecule is CN(Cc1cc(N)cc(F)c1)c1ccc(F)cc1. The van der Waals surface area contributed by atoms with E-state index in [1.165, 1.54) is 24.3 Å². The van der Waals surface area contributed by atoms with Crippen LogP contribution in [-0.4, -0.2) is 7.05 Å². The highest BCUT2D eigenvalue weighted by Gasteiger charge is 2.04. The highest BCUT2D eigenvalue weighted by Crippen LogP contribution is 2.18. The Morgan fingerprint density at radius 1 is 1.00 bits per heavy atom. The van der Waals surface area contributed by atoms with Gasteiger partial charge in [-0.05, 0) is 48.0 Å². The fraction of sp³-hybridized carbons (Fsp3) is 0.143. The molecule has 0 aliphatic carbocycles. The predicted molar refractivity (Wildman–Crippen MR) is 69.3 cm³/mol. The van der Waals surface area contributed by atoms with Crippen LogP contribution in [0, 0.1) is 11.6 Å². The number of hydrogen-bond donors (Lipinski definition) is 1. The number of benzene rings is 2. The second-order valence-electron chi connectivity index (χ2n) is 4.23. The largest absolute Gasteiger partial charge is 0.399 e. The Kier molecular flexibility index (Phi) is 3.46. The maximum absolute atomic E-state index is 13.2. The Balaban J connectivity index is 2.15. The molecule has 2 aromatic carbocycles. The number of halogens is 2. The number of hydrogen-bond acceptors (Lipinski definition) is 2. The highest BCUT2D eigenvalue weighted by molar-refractivity contribution is 5.48. The Morgan fingerprint density at radius 3 is 2.28 bits per heavy atom. The quantitative estimate of drug-likeness (QED) is 0.845. The summed E-state index contributed by atoms with van der Waals surface area (Å²) in [5, 5.41) is 0. The van der Waals surface area contributed by atoms with Gasteiger partial charge < -0.3 is 10.6 Å². The first kappa shape index (κ1) is 12.4. The summed E-state index contributed by atoms with van der Waals surface area (Å²) >= 11 is 0.